The molecule has 0 bridgehead atoms. The van der Waals surface area contributed by atoms with Crippen molar-refractivity contribution in [3.63, 3.8) is 0 Å². The summed E-state index contributed by atoms with van der Waals surface area (Å²) >= 11 is 0. The molecule has 2 heteroatoms. The first kappa shape index (κ1) is 9.77. The van der Waals surface area contributed by atoms with Crippen LogP contribution in [0.25, 0.3) is 0 Å². The van der Waals surface area contributed by atoms with Crippen molar-refractivity contribution in [2.75, 3.05) is 6.54 Å². The average Bonchev–Trinajstić information content (AvgIpc) is 2.46. The van der Waals surface area contributed by atoms with Crippen molar-refractivity contribution >= 4 is 0 Å². The zero-order valence-corrected chi connectivity index (χ0v) is 9.89. The van der Waals surface area contributed by atoms with E-state index in [9.17, 15) is 0 Å². The number of allylic oxidation sites excluding steroid dienone is 5. The number of benzene rings is 1. The minimum absolute atomic E-state index is 0.318. The molecule has 0 saturated heterocycles. The molecule has 1 aromatic carbocycles. The highest BCUT2D eigenvalue weighted by Gasteiger charge is 2.28. The molecule has 0 spiro atoms. The van der Waals surface area contributed by atoms with E-state index in [1.165, 1.54) is 22.4 Å². The molecule has 3 aliphatic rings. The van der Waals surface area contributed by atoms with Crippen molar-refractivity contribution in [3.8, 4) is 5.75 Å². The molecule has 1 aliphatic carbocycles. The smallest absolute Gasteiger partial charge is 0.130 e. The van der Waals surface area contributed by atoms with Gasteiger partial charge in [0.2, 0.25) is 0 Å². The third-order valence-corrected chi connectivity index (χ3v) is 3.65. The van der Waals surface area contributed by atoms with Gasteiger partial charge in [-0.1, -0.05) is 36.4 Å². The average molecular weight is 235 g/mol. The number of dihydropyridines is 1. The van der Waals surface area contributed by atoms with E-state index in [0.29, 0.717) is 5.92 Å². The van der Waals surface area contributed by atoms with Gasteiger partial charge in [-0.3, -0.25) is 0 Å². The van der Waals surface area contributed by atoms with Crippen LogP contribution in [0.3, 0.4) is 0 Å². The summed E-state index contributed by atoms with van der Waals surface area (Å²) in [6.07, 6.45) is 10.7. The van der Waals surface area contributed by atoms with E-state index in [1.54, 1.807) is 0 Å². The molecule has 1 unspecified atom stereocenters. The fraction of sp³-hybridized carbons (Fsp3) is 0.125. The molecular formula is C16H13NO. The monoisotopic (exact) mass is 235 g/mol. The van der Waals surface area contributed by atoms with Gasteiger partial charge in [0.15, 0.2) is 0 Å². The molecule has 18 heavy (non-hydrogen) atoms. The van der Waals surface area contributed by atoms with Gasteiger partial charge in [-0.2, -0.15) is 0 Å². The van der Waals surface area contributed by atoms with Gasteiger partial charge in [0.05, 0.1) is 6.26 Å². The third kappa shape index (κ3) is 1.29. The zero-order valence-electron chi connectivity index (χ0n) is 9.89. The molecule has 2 heterocycles. The van der Waals surface area contributed by atoms with Crippen LogP contribution in [0, 0.1) is 0 Å². The predicted molar refractivity (Wildman–Crippen MR) is 71.2 cm³/mol. The highest BCUT2D eigenvalue weighted by atomic mass is 16.5. The SMILES string of the molecule is C1=CC2=C(C=CC3C2=COc2ccccc23)NC1. The van der Waals surface area contributed by atoms with Crippen LogP contribution in [0.2, 0.25) is 0 Å². The number of rotatable bonds is 0. The van der Waals surface area contributed by atoms with Crippen LogP contribution in [-0.2, 0) is 0 Å². The number of nitrogens with one attached hydrogen (secondary N) is 1. The van der Waals surface area contributed by atoms with Gasteiger partial charge >= 0.3 is 0 Å². The predicted octanol–water partition coefficient (Wildman–Crippen LogP) is 3.03. The molecule has 0 radical (unpaired) electrons. The topological polar surface area (TPSA) is 21.3 Å². The van der Waals surface area contributed by atoms with Crippen molar-refractivity contribution in [3.05, 3.63) is 77.2 Å². The second-order valence-electron chi connectivity index (χ2n) is 4.68. The van der Waals surface area contributed by atoms with Crippen molar-refractivity contribution in [1.29, 1.82) is 0 Å². The van der Waals surface area contributed by atoms with Crippen LogP contribution in [0.15, 0.2) is 71.7 Å². The molecular weight excluding hydrogens is 222 g/mol. The van der Waals surface area contributed by atoms with Gasteiger partial charge in [-0.05, 0) is 12.1 Å². The van der Waals surface area contributed by atoms with E-state index in [-0.39, 0.29) is 0 Å². The lowest BCUT2D eigenvalue weighted by molar-refractivity contribution is 0.452. The standard InChI is InChI=1S/C16H13NO/c1-2-6-16-13(4-1)11-7-8-15-12(5-3-9-17-15)14(11)10-18-16/h1-8,10-11,17H,9H2. The van der Waals surface area contributed by atoms with Gasteiger partial charge in [0, 0.05) is 34.9 Å². The largest absolute Gasteiger partial charge is 0.464 e. The Morgan fingerprint density at radius 1 is 1.17 bits per heavy atom. The molecule has 0 saturated carbocycles. The normalized spacial score (nSPS) is 23.3. The van der Waals surface area contributed by atoms with Crippen LogP contribution in [0.4, 0.5) is 0 Å². The summed E-state index contributed by atoms with van der Waals surface area (Å²) in [6.45, 7) is 0.901. The van der Waals surface area contributed by atoms with Gasteiger partial charge in [0.1, 0.15) is 5.75 Å². The lowest BCUT2D eigenvalue weighted by Gasteiger charge is -2.30. The van der Waals surface area contributed by atoms with E-state index in [2.05, 4.69) is 41.8 Å². The van der Waals surface area contributed by atoms with Crippen LogP contribution in [0.5, 0.6) is 5.75 Å². The Hall–Kier alpha value is -2.22. The van der Waals surface area contributed by atoms with Crippen molar-refractivity contribution in [2.24, 2.45) is 0 Å². The van der Waals surface area contributed by atoms with Crippen LogP contribution < -0.4 is 10.1 Å². The fourth-order valence-corrected chi connectivity index (χ4v) is 2.77. The lowest BCUT2D eigenvalue weighted by atomic mass is 9.80. The number of para-hydroxylation sites is 1. The first-order valence-corrected chi connectivity index (χ1v) is 6.22. The lowest BCUT2D eigenvalue weighted by Crippen LogP contribution is -2.23. The molecule has 88 valence electrons. The molecule has 0 fully saturated rings. The third-order valence-electron chi connectivity index (χ3n) is 3.65. The van der Waals surface area contributed by atoms with Gasteiger partial charge in [-0.15, -0.1) is 0 Å². The van der Waals surface area contributed by atoms with Crippen LogP contribution in [-0.4, -0.2) is 6.54 Å². The molecule has 2 aliphatic heterocycles. The van der Waals surface area contributed by atoms with E-state index in [1.807, 2.05) is 18.4 Å². The Kier molecular flexibility index (Phi) is 1.97. The first-order valence-electron chi connectivity index (χ1n) is 6.22. The van der Waals surface area contributed by atoms with Gasteiger partial charge < -0.3 is 10.1 Å². The minimum atomic E-state index is 0.318. The van der Waals surface area contributed by atoms with Crippen molar-refractivity contribution < 1.29 is 4.74 Å². The summed E-state index contributed by atoms with van der Waals surface area (Å²) in [5.41, 5.74) is 4.94. The molecule has 1 aromatic rings. The molecule has 4 rings (SSSR count). The molecule has 0 amide bonds. The maximum absolute atomic E-state index is 5.75. The Balaban J connectivity index is 1.86. The summed E-state index contributed by atoms with van der Waals surface area (Å²) in [5, 5.41) is 3.39. The van der Waals surface area contributed by atoms with Gasteiger partial charge in [-0.25, -0.2) is 0 Å². The van der Waals surface area contributed by atoms with E-state index >= 15 is 0 Å². The Labute approximate surface area is 106 Å². The van der Waals surface area contributed by atoms with E-state index in [0.717, 1.165) is 12.3 Å². The minimum Gasteiger partial charge on any atom is -0.464 e. The number of hydrogen-bond donors (Lipinski definition) is 1. The summed E-state index contributed by atoms with van der Waals surface area (Å²) in [4.78, 5) is 0. The summed E-state index contributed by atoms with van der Waals surface area (Å²) in [5.74, 6) is 1.28. The quantitative estimate of drug-likeness (QED) is 0.746. The summed E-state index contributed by atoms with van der Waals surface area (Å²) in [6, 6.07) is 8.24. The highest BCUT2D eigenvalue weighted by Crippen LogP contribution is 2.43. The maximum Gasteiger partial charge on any atom is 0.130 e. The summed E-state index contributed by atoms with van der Waals surface area (Å²) in [7, 11) is 0. The molecule has 1 N–H and O–H groups in total. The summed E-state index contributed by atoms with van der Waals surface area (Å²) < 4.78 is 5.75. The number of fused-ring (bicyclic) bond motifs is 4. The Morgan fingerprint density at radius 2 is 2.11 bits per heavy atom. The molecule has 2 nitrogen and oxygen atoms in total. The van der Waals surface area contributed by atoms with Crippen molar-refractivity contribution in [1.82, 2.24) is 5.32 Å². The Bertz CT molecular complexity index is 634. The maximum atomic E-state index is 5.75. The van der Waals surface area contributed by atoms with Gasteiger partial charge in [0.25, 0.3) is 0 Å². The Morgan fingerprint density at radius 3 is 3.11 bits per heavy atom. The van der Waals surface area contributed by atoms with E-state index < -0.39 is 0 Å². The highest BCUT2D eigenvalue weighted by molar-refractivity contribution is 5.61. The number of ether oxygens (including phenoxy) is 1. The molecule has 1 atom stereocenters. The molecule has 0 aromatic heterocycles. The zero-order chi connectivity index (χ0) is 11.9. The van der Waals surface area contributed by atoms with Crippen LogP contribution >= 0.6 is 0 Å². The second-order valence-corrected chi connectivity index (χ2v) is 4.68. The van der Waals surface area contributed by atoms with Crippen molar-refractivity contribution in [2.45, 2.75) is 5.92 Å². The second kappa shape index (κ2) is 3.64. The first-order chi connectivity index (χ1) is 8.93. The van der Waals surface area contributed by atoms with Crippen LogP contribution in [0.1, 0.15) is 11.5 Å². The number of hydrogen-bond acceptors (Lipinski definition) is 2. The van der Waals surface area contributed by atoms with E-state index in [4.69, 9.17) is 4.74 Å². The fourth-order valence-electron chi connectivity index (χ4n) is 2.77.